The van der Waals surface area contributed by atoms with Crippen LogP contribution in [0.25, 0.3) is 0 Å². The quantitative estimate of drug-likeness (QED) is 0.371. The van der Waals surface area contributed by atoms with E-state index >= 15 is 0 Å². The summed E-state index contributed by atoms with van der Waals surface area (Å²) in [5, 5.41) is 11.8. The Labute approximate surface area is 72.2 Å². The monoisotopic (exact) mass is 175 g/mol. The maximum absolute atomic E-state index is 8.43. The highest BCUT2D eigenvalue weighted by atomic mass is 35.5. The van der Waals surface area contributed by atoms with Gasteiger partial charge in [0, 0.05) is 5.92 Å². The van der Waals surface area contributed by atoms with Crippen molar-refractivity contribution < 1.29 is 5.21 Å². The summed E-state index contributed by atoms with van der Waals surface area (Å²) >= 11 is 5.71. The number of hydrogen-bond acceptors (Lipinski definition) is 2. The lowest BCUT2D eigenvalue weighted by Crippen LogP contribution is -2.18. The molecule has 0 saturated heterocycles. The van der Waals surface area contributed by atoms with Gasteiger partial charge in [-0.1, -0.05) is 36.5 Å². The first-order chi connectivity index (χ1) is 5.24. The van der Waals surface area contributed by atoms with Crippen molar-refractivity contribution in [2.75, 3.05) is 0 Å². The maximum atomic E-state index is 8.43. The SMILES string of the molecule is CC1CCCC(/C(Cl)=N/O)C1. The zero-order valence-electron chi connectivity index (χ0n) is 6.76. The fourth-order valence-electron chi connectivity index (χ4n) is 1.73. The number of nitrogens with zero attached hydrogens (tertiary/aromatic N) is 1. The van der Waals surface area contributed by atoms with Crippen molar-refractivity contribution in [2.45, 2.75) is 32.6 Å². The van der Waals surface area contributed by atoms with Crippen LogP contribution in [0.15, 0.2) is 5.16 Å². The van der Waals surface area contributed by atoms with Crippen molar-refractivity contribution in [2.24, 2.45) is 17.0 Å². The smallest absolute Gasteiger partial charge is 0.148 e. The van der Waals surface area contributed by atoms with Crippen LogP contribution >= 0.6 is 11.6 Å². The lowest BCUT2D eigenvalue weighted by Gasteiger charge is -2.24. The Morgan fingerprint density at radius 2 is 2.27 bits per heavy atom. The van der Waals surface area contributed by atoms with Crippen molar-refractivity contribution >= 4 is 16.8 Å². The lowest BCUT2D eigenvalue weighted by atomic mass is 9.83. The average Bonchev–Trinajstić information content (AvgIpc) is 2.03. The maximum Gasteiger partial charge on any atom is 0.148 e. The van der Waals surface area contributed by atoms with Gasteiger partial charge in [0.2, 0.25) is 0 Å². The van der Waals surface area contributed by atoms with Gasteiger partial charge in [0.05, 0.1) is 0 Å². The molecule has 2 unspecified atom stereocenters. The molecule has 0 aromatic carbocycles. The number of hydrogen-bond donors (Lipinski definition) is 1. The largest absolute Gasteiger partial charge is 0.410 e. The van der Waals surface area contributed by atoms with Crippen LogP contribution in [0.1, 0.15) is 32.6 Å². The van der Waals surface area contributed by atoms with E-state index in [9.17, 15) is 0 Å². The van der Waals surface area contributed by atoms with Crippen LogP contribution in [0.4, 0.5) is 0 Å². The normalized spacial score (nSPS) is 33.8. The number of halogens is 1. The Hall–Kier alpha value is -0.240. The van der Waals surface area contributed by atoms with E-state index in [2.05, 4.69) is 12.1 Å². The summed E-state index contributed by atoms with van der Waals surface area (Å²) in [6, 6.07) is 0. The van der Waals surface area contributed by atoms with E-state index < -0.39 is 0 Å². The van der Waals surface area contributed by atoms with Gasteiger partial charge in [-0.3, -0.25) is 0 Å². The summed E-state index contributed by atoms with van der Waals surface area (Å²) in [4.78, 5) is 0. The molecule has 1 N–H and O–H groups in total. The molecule has 0 heterocycles. The first-order valence-corrected chi connectivity index (χ1v) is 4.49. The van der Waals surface area contributed by atoms with Crippen molar-refractivity contribution in [1.82, 2.24) is 0 Å². The average molecular weight is 176 g/mol. The molecule has 1 saturated carbocycles. The molecular weight excluding hydrogens is 162 g/mol. The first kappa shape index (κ1) is 8.85. The highest BCUT2D eigenvalue weighted by molar-refractivity contribution is 6.65. The Morgan fingerprint density at radius 3 is 2.82 bits per heavy atom. The van der Waals surface area contributed by atoms with Gasteiger partial charge in [0.1, 0.15) is 5.17 Å². The van der Waals surface area contributed by atoms with Crippen LogP contribution < -0.4 is 0 Å². The fraction of sp³-hybridized carbons (Fsp3) is 0.875. The predicted octanol–water partition coefficient (Wildman–Crippen LogP) is 2.84. The van der Waals surface area contributed by atoms with Crippen LogP contribution in [-0.2, 0) is 0 Å². The molecular formula is C8H14ClNO. The molecule has 0 radical (unpaired) electrons. The van der Waals surface area contributed by atoms with Crippen molar-refractivity contribution in [3.05, 3.63) is 0 Å². The van der Waals surface area contributed by atoms with Gasteiger partial charge in [-0.15, -0.1) is 0 Å². The van der Waals surface area contributed by atoms with E-state index in [0.29, 0.717) is 11.1 Å². The Balaban J connectivity index is 2.46. The molecule has 0 amide bonds. The van der Waals surface area contributed by atoms with E-state index in [1.165, 1.54) is 12.8 Å². The van der Waals surface area contributed by atoms with E-state index in [-0.39, 0.29) is 0 Å². The zero-order chi connectivity index (χ0) is 8.27. The predicted molar refractivity (Wildman–Crippen MR) is 46.2 cm³/mol. The van der Waals surface area contributed by atoms with Gasteiger partial charge in [-0.05, 0) is 18.8 Å². The summed E-state index contributed by atoms with van der Waals surface area (Å²) < 4.78 is 0. The molecule has 11 heavy (non-hydrogen) atoms. The highest BCUT2D eigenvalue weighted by Crippen LogP contribution is 2.30. The summed E-state index contributed by atoms with van der Waals surface area (Å²) in [6.45, 7) is 2.22. The molecule has 0 aromatic rings. The van der Waals surface area contributed by atoms with Crippen LogP contribution in [0, 0.1) is 11.8 Å². The third-order valence-electron chi connectivity index (χ3n) is 2.37. The molecule has 1 rings (SSSR count). The highest BCUT2D eigenvalue weighted by Gasteiger charge is 2.22. The van der Waals surface area contributed by atoms with Crippen molar-refractivity contribution in [3.63, 3.8) is 0 Å². The van der Waals surface area contributed by atoms with Gasteiger partial charge in [-0.2, -0.15) is 0 Å². The summed E-state index contributed by atoms with van der Waals surface area (Å²) in [5.74, 6) is 1.04. The lowest BCUT2D eigenvalue weighted by molar-refractivity contribution is 0.301. The second-order valence-corrected chi connectivity index (χ2v) is 3.78. The molecule has 0 aromatic heterocycles. The Bertz CT molecular complexity index is 158. The molecule has 1 aliphatic carbocycles. The van der Waals surface area contributed by atoms with Gasteiger partial charge in [0.25, 0.3) is 0 Å². The van der Waals surface area contributed by atoms with Crippen LogP contribution in [-0.4, -0.2) is 10.4 Å². The third kappa shape index (κ3) is 2.37. The molecule has 2 atom stereocenters. The van der Waals surface area contributed by atoms with Crippen molar-refractivity contribution in [3.8, 4) is 0 Å². The first-order valence-electron chi connectivity index (χ1n) is 4.11. The van der Waals surface area contributed by atoms with Crippen LogP contribution in [0.2, 0.25) is 0 Å². The summed E-state index contributed by atoms with van der Waals surface area (Å²) in [6.07, 6.45) is 4.64. The number of oxime groups is 1. The summed E-state index contributed by atoms with van der Waals surface area (Å²) in [5.41, 5.74) is 0. The molecule has 1 fully saturated rings. The topological polar surface area (TPSA) is 32.6 Å². The minimum atomic E-state index is 0.311. The minimum absolute atomic E-state index is 0.311. The molecule has 3 heteroatoms. The van der Waals surface area contributed by atoms with Crippen LogP contribution in [0.5, 0.6) is 0 Å². The van der Waals surface area contributed by atoms with E-state index in [1.54, 1.807) is 0 Å². The second kappa shape index (κ2) is 3.96. The van der Waals surface area contributed by atoms with Crippen LogP contribution in [0.3, 0.4) is 0 Å². The van der Waals surface area contributed by atoms with Gasteiger partial charge in [-0.25, -0.2) is 0 Å². The molecule has 0 spiro atoms. The fourth-order valence-corrected chi connectivity index (χ4v) is 1.93. The number of rotatable bonds is 1. The van der Waals surface area contributed by atoms with E-state index in [4.69, 9.17) is 16.8 Å². The van der Waals surface area contributed by atoms with Gasteiger partial charge in [0.15, 0.2) is 0 Å². The summed E-state index contributed by atoms with van der Waals surface area (Å²) in [7, 11) is 0. The molecule has 2 nitrogen and oxygen atoms in total. The standard InChI is InChI=1S/C8H14ClNO/c1-6-3-2-4-7(5-6)8(9)10-11/h6-7,11H,2-5H2,1H3/b10-8-. The van der Waals surface area contributed by atoms with E-state index in [0.717, 1.165) is 18.8 Å². The Kier molecular flexibility index (Phi) is 3.18. The molecule has 1 aliphatic rings. The minimum Gasteiger partial charge on any atom is -0.410 e. The molecule has 0 aliphatic heterocycles. The third-order valence-corrected chi connectivity index (χ3v) is 2.75. The second-order valence-electron chi connectivity index (χ2n) is 3.39. The molecule has 64 valence electrons. The zero-order valence-corrected chi connectivity index (χ0v) is 7.51. The van der Waals surface area contributed by atoms with Gasteiger partial charge >= 0.3 is 0 Å². The van der Waals surface area contributed by atoms with Crippen molar-refractivity contribution in [1.29, 1.82) is 0 Å². The van der Waals surface area contributed by atoms with E-state index in [1.807, 2.05) is 0 Å². The van der Waals surface area contributed by atoms with Gasteiger partial charge < -0.3 is 5.21 Å². The Morgan fingerprint density at radius 1 is 1.55 bits per heavy atom. The molecule has 0 bridgehead atoms.